The van der Waals surface area contributed by atoms with Crippen molar-refractivity contribution in [2.45, 2.75) is 36.6 Å². The highest BCUT2D eigenvalue weighted by molar-refractivity contribution is 7.89. The Kier molecular flexibility index (Phi) is 4.19. The number of benzene rings is 1. The Morgan fingerprint density at radius 3 is 3.00 bits per heavy atom. The normalized spacial score (nSPS) is 22.8. The van der Waals surface area contributed by atoms with Crippen LogP contribution < -0.4 is 10.0 Å². The number of fused-ring (bicyclic) bond motifs is 1. The SMILES string of the molecule is CN1CCCC1CNS(=O)(=O)c1ccc2c(c1)CCCN2. The Hall–Kier alpha value is -1.11. The molecule has 2 N–H and O–H groups in total. The Labute approximate surface area is 126 Å². The Morgan fingerprint density at radius 2 is 2.24 bits per heavy atom. The highest BCUT2D eigenvalue weighted by Crippen LogP contribution is 2.25. The Morgan fingerprint density at radius 1 is 1.38 bits per heavy atom. The molecule has 1 saturated heterocycles. The average molecular weight is 309 g/mol. The molecule has 116 valence electrons. The van der Waals surface area contributed by atoms with Gasteiger partial charge in [-0.1, -0.05) is 0 Å². The minimum Gasteiger partial charge on any atom is -0.385 e. The van der Waals surface area contributed by atoms with Crippen LogP contribution in [0.4, 0.5) is 5.69 Å². The first-order chi connectivity index (χ1) is 10.1. The van der Waals surface area contributed by atoms with Gasteiger partial charge in [0, 0.05) is 24.8 Å². The molecule has 2 aliphatic heterocycles. The minimum atomic E-state index is -3.41. The summed E-state index contributed by atoms with van der Waals surface area (Å²) in [6.07, 6.45) is 4.20. The lowest BCUT2D eigenvalue weighted by Gasteiger charge is -2.21. The molecule has 1 unspecified atom stereocenters. The summed E-state index contributed by atoms with van der Waals surface area (Å²) in [5.74, 6) is 0. The second kappa shape index (κ2) is 5.94. The van der Waals surface area contributed by atoms with Gasteiger partial charge in [-0.3, -0.25) is 0 Å². The predicted molar refractivity (Wildman–Crippen MR) is 84.1 cm³/mol. The zero-order valence-corrected chi connectivity index (χ0v) is 13.2. The maximum Gasteiger partial charge on any atom is 0.240 e. The minimum absolute atomic E-state index is 0.319. The zero-order chi connectivity index (χ0) is 14.9. The van der Waals surface area contributed by atoms with Crippen LogP contribution in [0.25, 0.3) is 0 Å². The second-order valence-corrected chi connectivity index (χ2v) is 7.74. The molecule has 0 aromatic heterocycles. The van der Waals surface area contributed by atoms with Gasteiger partial charge in [0.2, 0.25) is 10.0 Å². The number of likely N-dealkylation sites (N-methyl/N-ethyl adjacent to an activating group) is 1. The molecule has 1 aromatic rings. The molecule has 0 aliphatic carbocycles. The molecule has 0 saturated carbocycles. The van der Waals surface area contributed by atoms with Gasteiger partial charge in [-0.05, 0) is 63.0 Å². The van der Waals surface area contributed by atoms with Crippen molar-refractivity contribution < 1.29 is 8.42 Å². The fraction of sp³-hybridized carbons (Fsp3) is 0.600. The lowest BCUT2D eigenvalue weighted by atomic mass is 10.0. The Balaban J connectivity index is 1.72. The fourth-order valence-corrected chi connectivity index (χ4v) is 4.27. The molecule has 1 atom stereocenters. The molecular weight excluding hydrogens is 286 g/mol. The van der Waals surface area contributed by atoms with Crippen molar-refractivity contribution in [3.05, 3.63) is 23.8 Å². The zero-order valence-electron chi connectivity index (χ0n) is 12.4. The largest absolute Gasteiger partial charge is 0.385 e. The lowest BCUT2D eigenvalue weighted by molar-refractivity contribution is 0.311. The van der Waals surface area contributed by atoms with Crippen LogP contribution >= 0.6 is 0 Å². The van der Waals surface area contributed by atoms with Crippen LogP contribution in [-0.4, -0.2) is 46.0 Å². The summed E-state index contributed by atoms with van der Waals surface area (Å²) >= 11 is 0. The summed E-state index contributed by atoms with van der Waals surface area (Å²) in [6.45, 7) is 2.51. The van der Waals surface area contributed by atoms with Gasteiger partial charge in [0.25, 0.3) is 0 Å². The van der Waals surface area contributed by atoms with Gasteiger partial charge in [-0.15, -0.1) is 0 Å². The summed E-state index contributed by atoms with van der Waals surface area (Å²) in [7, 11) is -1.36. The van der Waals surface area contributed by atoms with Crippen LogP contribution in [-0.2, 0) is 16.4 Å². The number of aryl methyl sites for hydroxylation is 1. The van der Waals surface area contributed by atoms with Crippen LogP contribution in [0.2, 0.25) is 0 Å². The van der Waals surface area contributed by atoms with E-state index in [4.69, 9.17) is 0 Å². The van der Waals surface area contributed by atoms with Crippen molar-refractivity contribution in [3.63, 3.8) is 0 Å². The van der Waals surface area contributed by atoms with E-state index in [1.54, 1.807) is 6.07 Å². The first-order valence-corrected chi connectivity index (χ1v) is 9.11. The summed E-state index contributed by atoms with van der Waals surface area (Å²) in [5.41, 5.74) is 2.16. The summed E-state index contributed by atoms with van der Waals surface area (Å²) in [4.78, 5) is 2.60. The summed E-state index contributed by atoms with van der Waals surface area (Å²) < 4.78 is 27.6. The second-order valence-electron chi connectivity index (χ2n) is 5.98. The van der Waals surface area contributed by atoms with Crippen molar-refractivity contribution in [2.75, 3.05) is 32.0 Å². The maximum atomic E-state index is 12.4. The maximum absolute atomic E-state index is 12.4. The molecule has 2 heterocycles. The first kappa shape index (κ1) is 14.8. The number of anilines is 1. The van der Waals surface area contributed by atoms with E-state index >= 15 is 0 Å². The average Bonchev–Trinajstić information content (AvgIpc) is 2.90. The third-order valence-corrected chi connectivity index (χ3v) is 5.93. The number of rotatable bonds is 4. The smallest absolute Gasteiger partial charge is 0.240 e. The van der Waals surface area contributed by atoms with Crippen LogP contribution in [0, 0.1) is 0 Å². The molecule has 21 heavy (non-hydrogen) atoms. The van der Waals surface area contributed by atoms with Crippen molar-refractivity contribution in [1.82, 2.24) is 9.62 Å². The molecule has 1 fully saturated rings. The van der Waals surface area contributed by atoms with E-state index in [2.05, 4.69) is 22.0 Å². The molecule has 0 spiro atoms. The molecule has 6 heteroatoms. The third kappa shape index (κ3) is 3.22. The van der Waals surface area contributed by atoms with Crippen LogP contribution in [0.1, 0.15) is 24.8 Å². The van der Waals surface area contributed by atoms with Crippen LogP contribution in [0.5, 0.6) is 0 Å². The van der Waals surface area contributed by atoms with E-state index in [1.807, 2.05) is 12.1 Å². The molecule has 0 radical (unpaired) electrons. The van der Waals surface area contributed by atoms with Crippen molar-refractivity contribution >= 4 is 15.7 Å². The standard InChI is InChI=1S/C15H23N3O2S/c1-18-9-3-5-13(18)11-17-21(19,20)14-6-7-15-12(10-14)4-2-8-16-15/h6-7,10,13,16-17H,2-5,8-9,11H2,1H3. The summed E-state index contributed by atoms with van der Waals surface area (Å²) in [5, 5.41) is 3.30. The molecule has 1 aromatic carbocycles. The van der Waals surface area contributed by atoms with Gasteiger partial charge in [-0.2, -0.15) is 0 Å². The van der Waals surface area contributed by atoms with Gasteiger partial charge >= 0.3 is 0 Å². The number of nitrogens with zero attached hydrogens (tertiary/aromatic N) is 1. The van der Waals surface area contributed by atoms with E-state index in [0.717, 1.165) is 50.0 Å². The van der Waals surface area contributed by atoms with Gasteiger partial charge in [0.05, 0.1) is 4.90 Å². The van der Waals surface area contributed by atoms with Gasteiger partial charge in [0.1, 0.15) is 0 Å². The molecule has 2 aliphatic rings. The topological polar surface area (TPSA) is 61.4 Å². The number of sulfonamides is 1. The lowest BCUT2D eigenvalue weighted by Crippen LogP contribution is -2.38. The Bertz CT molecular complexity index is 615. The number of hydrogen-bond acceptors (Lipinski definition) is 4. The molecule has 0 amide bonds. The van der Waals surface area contributed by atoms with Crippen molar-refractivity contribution in [3.8, 4) is 0 Å². The van der Waals surface area contributed by atoms with Gasteiger partial charge < -0.3 is 10.2 Å². The molecule has 3 rings (SSSR count). The highest BCUT2D eigenvalue weighted by Gasteiger charge is 2.24. The van der Waals surface area contributed by atoms with Crippen LogP contribution in [0.3, 0.4) is 0 Å². The van der Waals surface area contributed by atoms with Gasteiger partial charge in [0.15, 0.2) is 0 Å². The van der Waals surface area contributed by atoms with E-state index in [0.29, 0.717) is 17.5 Å². The number of likely N-dealkylation sites (tertiary alicyclic amines) is 1. The van der Waals surface area contributed by atoms with E-state index in [-0.39, 0.29) is 0 Å². The number of hydrogen-bond donors (Lipinski definition) is 2. The quantitative estimate of drug-likeness (QED) is 0.883. The fourth-order valence-electron chi connectivity index (χ4n) is 3.14. The number of nitrogens with one attached hydrogen (secondary N) is 2. The molecule has 5 nitrogen and oxygen atoms in total. The monoisotopic (exact) mass is 309 g/mol. The van der Waals surface area contributed by atoms with Crippen molar-refractivity contribution in [1.29, 1.82) is 0 Å². The first-order valence-electron chi connectivity index (χ1n) is 7.63. The summed E-state index contributed by atoms with van der Waals surface area (Å²) in [6, 6.07) is 5.70. The van der Waals surface area contributed by atoms with Gasteiger partial charge in [-0.25, -0.2) is 13.1 Å². The van der Waals surface area contributed by atoms with Crippen molar-refractivity contribution in [2.24, 2.45) is 0 Å². The van der Waals surface area contributed by atoms with Crippen LogP contribution in [0.15, 0.2) is 23.1 Å². The van der Waals surface area contributed by atoms with E-state index in [1.165, 1.54) is 0 Å². The highest BCUT2D eigenvalue weighted by atomic mass is 32.2. The van der Waals surface area contributed by atoms with E-state index in [9.17, 15) is 8.42 Å². The molecular formula is C15H23N3O2S. The van der Waals surface area contributed by atoms with E-state index < -0.39 is 10.0 Å². The molecule has 0 bridgehead atoms. The third-order valence-electron chi connectivity index (χ3n) is 4.51. The predicted octanol–water partition coefficient (Wildman–Crippen LogP) is 1.42.